The van der Waals surface area contributed by atoms with Crippen LogP contribution in [-0.4, -0.2) is 34.7 Å². The van der Waals surface area contributed by atoms with Gasteiger partial charge in [-0.3, -0.25) is 9.59 Å². The van der Waals surface area contributed by atoms with Crippen LogP contribution in [0, 0.1) is 0 Å². The molecule has 1 aromatic carbocycles. The Kier molecular flexibility index (Phi) is 3.13. The van der Waals surface area contributed by atoms with Gasteiger partial charge in [-0.15, -0.1) is 11.3 Å². The zero-order valence-corrected chi connectivity index (χ0v) is 11.0. The number of carbonyl (C=O) groups is 2. The second-order valence-electron chi connectivity index (χ2n) is 4.41. The standard InChI is InChI=1S/C14H12N2O2S/c17-11-6-7-16(9-11)14(18)12-8-15-13(19-12)10-4-2-1-3-5-10/h1-5,8H,6-7,9H2. The molecule has 1 saturated heterocycles. The second kappa shape index (κ2) is 4.93. The minimum atomic E-state index is -0.0921. The first-order valence-electron chi connectivity index (χ1n) is 6.06. The Morgan fingerprint density at radius 1 is 1.26 bits per heavy atom. The minimum Gasteiger partial charge on any atom is -0.330 e. The van der Waals surface area contributed by atoms with E-state index in [1.165, 1.54) is 11.3 Å². The van der Waals surface area contributed by atoms with Crippen molar-refractivity contribution in [1.82, 2.24) is 9.88 Å². The van der Waals surface area contributed by atoms with Crippen molar-refractivity contribution in [2.45, 2.75) is 6.42 Å². The van der Waals surface area contributed by atoms with Crippen LogP contribution in [0.4, 0.5) is 0 Å². The maximum atomic E-state index is 12.2. The Hall–Kier alpha value is -2.01. The van der Waals surface area contributed by atoms with Crippen molar-refractivity contribution in [3.8, 4) is 10.6 Å². The third-order valence-electron chi connectivity index (χ3n) is 3.05. The van der Waals surface area contributed by atoms with E-state index in [1.54, 1.807) is 11.1 Å². The molecule has 0 unspecified atom stereocenters. The number of hydrogen-bond donors (Lipinski definition) is 0. The van der Waals surface area contributed by atoms with Crippen molar-refractivity contribution < 1.29 is 9.59 Å². The molecule has 0 radical (unpaired) electrons. The summed E-state index contributed by atoms with van der Waals surface area (Å²) in [5.74, 6) is 0.0340. The summed E-state index contributed by atoms with van der Waals surface area (Å²) in [6.45, 7) is 0.758. The summed E-state index contributed by atoms with van der Waals surface area (Å²) < 4.78 is 0. The molecular formula is C14H12N2O2S. The third-order valence-corrected chi connectivity index (χ3v) is 4.09. The van der Waals surface area contributed by atoms with E-state index in [1.807, 2.05) is 30.3 Å². The number of likely N-dealkylation sites (tertiary alicyclic amines) is 1. The highest BCUT2D eigenvalue weighted by atomic mass is 32.1. The Morgan fingerprint density at radius 3 is 2.74 bits per heavy atom. The van der Waals surface area contributed by atoms with Gasteiger partial charge >= 0.3 is 0 Å². The van der Waals surface area contributed by atoms with E-state index in [0.29, 0.717) is 17.8 Å². The summed E-state index contributed by atoms with van der Waals surface area (Å²) >= 11 is 1.37. The van der Waals surface area contributed by atoms with Gasteiger partial charge in [0.15, 0.2) is 5.78 Å². The maximum absolute atomic E-state index is 12.2. The molecule has 96 valence electrons. The van der Waals surface area contributed by atoms with Crippen LogP contribution in [0.1, 0.15) is 16.1 Å². The van der Waals surface area contributed by atoms with Gasteiger partial charge in [0.2, 0.25) is 0 Å². The quantitative estimate of drug-likeness (QED) is 0.842. The van der Waals surface area contributed by atoms with E-state index in [-0.39, 0.29) is 18.2 Å². The summed E-state index contributed by atoms with van der Waals surface area (Å²) in [5, 5.41) is 0.828. The smallest absolute Gasteiger partial charge is 0.266 e. The predicted molar refractivity (Wildman–Crippen MR) is 73.1 cm³/mol. The maximum Gasteiger partial charge on any atom is 0.266 e. The molecule has 1 aliphatic rings. The molecule has 0 aliphatic carbocycles. The number of aromatic nitrogens is 1. The molecule has 0 atom stereocenters. The highest BCUT2D eigenvalue weighted by Crippen LogP contribution is 2.26. The molecule has 0 bridgehead atoms. The predicted octanol–water partition coefficient (Wildman–Crippen LogP) is 2.23. The average Bonchev–Trinajstić information content (AvgIpc) is 3.08. The number of carbonyl (C=O) groups excluding carboxylic acids is 2. The van der Waals surface area contributed by atoms with E-state index in [2.05, 4.69) is 4.98 Å². The lowest BCUT2D eigenvalue weighted by Crippen LogP contribution is -2.27. The van der Waals surface area contributed by atoms with Gasteiger partial charge in [0.25, 0.3) is 5.91 Å². The lowest BCUT2D eigenvalue weighted by Gasteiger charge is -2.11. The summed E-state index contributed by atoms with van der Waals surface area (Å²) in [4.78, 5) is 29.9. The summed E-state index contributed by atoms with van der Waals surface area (Å²) in [7, 11) is 0. The van der Waals surface area contributed by atoms with E-state index < -0.39 is 0 Å². The molecule has 2 aromatic rings. The number of ketones is 1. The molecule has 1 aromatic heterocycles. The van der Waals surface area contributed by atoms with Crippen molar-refractivity contribution >= 4 is 23.0 Å². The lowest BCUT2D eigenvalue weighted by atomic mass is 10.2. The molecular weight excluding hydrogens is 260 g/mol. The van der Waals surface area contributed by atoms with Crippen LogP contribution >= 0.6 is 11.3 Å². The van der Waals surface area contributed by atoms with Gasteiger partial charge in [0.1, 0.15) is 9.88 Å². The monoisotopic (exact) mass is 272 g/mol. The average molecular weight is 272 g/mol. The van der Waals surface area contributed by atoms with Crippen LogP contribution in [0.15, 0.2) is 36.5 Å². The van der Waals surface area contributed by atoms with Crippen molar-refractivity contribution in [3.63, 3.8) is 0 Å². The number of thiazole rings is 1. The SMILES string of the molecule is O=C1CCN(C(=O)c2cnc(-c3ccccc3)s2)C1. The van der Waals surface area contributed by atoms with Crippen molar-refractivity contribution in [1.29, 1.82) is 0 Å². The van der Waals surface area contributed by atoms with Gasteiger partial charge in [-0.05, 0) is 0 Å². The fourth-order valence-electron chi connectivity index (χ4n) is 2.05. The highest BCUT2D eigenvalue weighted by Gasteiger charge is 2.26. The van der Waals surface area contributed by atoms with Crippen molar-refractivity contribution in [2.75, 3.05) is 13.1 Å². The highest BCUT2D eigenvalue weighted by molar-refractivity contribution is 7.16. The topological polar surface area (TPSA) is 50.3 Å². The molecule has 0 N–H and O–H groups in total. The first kappa shape index (κ1) is 12.0. The van der Waals surface area contributed by atoms with Gasteiger partial charge < -0.3 is 4.90 Å². The molecule has 1 fully saturated rings. The molecule has 0 saturated carbocycles. The number of hydrogen-bond acceptors (Lipinski definition) is 4. The first-order chi connectivity index (χ1) is 9.24. The molecule has 2 heterocycles. The second-order valence-corrected chi connectivity index (χ2v) is 5.44. The Balaban J connectivity index is 1.82. The van der Waals surface area contributed by atoms with Gasteiger partial charge in [-0.25, -0.2) is 4.98 Å². The third kappa shape index (κ3) is 2.42. The van der Waals surface area contributed by atoms with Crippen LogP contribution in [0.25, 0.3) is 10.6 Å². The minimum absolute atomic E-state index is 0.0921. The van der Waals surface area contributed by atoms with Gasteiger partial charge in [0, 0.05) is 18.5 Å². The van der Waals surface area contributed by atoms with Crippen LogP contribution in [-0.2, 0) is 4.79 Å². The zero-order chi connectivity index (χ0) is 13.2. The summed E-state index contributed by atoms with van der Waals surface area (Å²) in [6.07, 6.45) is 2.06. The summed E-state index contributed by atoms with van der Waals surface area (Å²) in [5.41, 5.74) is 1.00. The number of rotatable bonds is 2. The van der Waals surface area contributed by atoms with Gasteiger partial charge in [0.05, 0.1) is 12.7 Å². The first-order valence-corrected chi connectivity index (χ1v) is 6.88. The number of benzene rings is 1. The molecule has 1 aliphatic heterocycles. The fraction of sp³-hybridized carbons (Fsp3) is 0.214. The molecule has 1 amide bonds. The molecule has 3 rings (SSSR count). The van der Waals surface area contributed by atoms with E-state index >= 15 is 0 Å². The Labute approximate surface area is 114 Å². The van der Waals surface area contributed by atoms with E-state index in [0.717, 1.165) is 10.6 Å². The summed E-state index contributed by atoms with van der Waals surface area (Å²) in [6, 6.07) is 9.76. The zero-order valence-electron chi connectivity index (χ0n) is 10.2. The molecule has 19 heavy (non-hydrogen) atoms. The van der Waals surface area contributed by atoms with Gasteiger partial charge in [-0.2, -0.15) is 0 Å². The van der Waals surface area contributed by atoms with Gasteiger partial charge in [-0.1, -0.05) is 30.3 Å². The van der Waals surface area contributed by atoms with Crippen LogP contribution < -0.4 is 0 Å². The Bertz CT molecular complexity index is 621. The number of nitrogens with zero attached hydrogens (tertiary/aromatic N) is 2. The molecule has 4 nitrogen and oxygen atoms in total. The molecule has 5 heteroatoms. The fourth-order valence-corrected chi connectivity index (χ4v) is 2.94. The van der Waals surface area contributed by atoms with Crippen LogP contribution in [0.5, 0.6) is 0 Å². The normalized spacial score (nSPS) is 14.9. The van der Waals surface area contributed by atoms with Crippen LogP contribution in [0.2, 0.25) is 0 Å². The lowest BCUT2D eigenvalue weighted by molar-refractivity contribution is -0.116. The van der Waals surface area contributed by atoms with Crippen LogP contribution in [0.3, 0.4) is 0 Å². The number of Topliss-reactive ketones (excluding diaryl/α,β-unsaturated/α-hetero) is 1. The largest absolute Gasteiger partial charge is 0.330 e. The number of amides is 1. The molecule has 0 spiro atoms. The van der Waals surface area contributed by atoms with Crippen molar-refractivity contribution in [3.05, 3.63) is 41.4 Å². The van der Waals surface area contributed by atoms with E-state index in [9.17, 15) is 9.59 Å². The van der Waals surface area contributed by atoms with Crippen molar-refractivity contribution in [2.24, 2.45) is 0 Å². The van der Waals surface area contributed by atoms with E-state index in [4.69, 9.17) is 0 Å². The Morgan fingerprint density at radius 2 is 2.05 bits per heavy atom.